The molecule has 0 saturated carbocycles. The van der Waals surface area contributed by atoms with E-state index in [-0.39, 0.29) is 0 Å². The van der Waals surface area contributed by atoms with Gasteiger partial charge in [-0.15, -0.1) is 11.8 Å². The highest BCUT2D eigenvalue weighted by molar-refractivity contribution is 9.10. The van der Waals surface area contributed by atoms with Gasteiger partial charge < -0.3 is 4.57 Å². The first-order valence-electron chi connectivity index (χ1n) is 8.59. The molecule has 26 heavy (non-hydrogen) atoms. The van der Waals surface area contributed by atoms with Crippen molar-refractivity contribution < 1.29 is 0 Å². The SMILES string of the molecule is Brc1ccccc1CSC(Cn1ccnc1)c1cccc2ccccc12. The van der Waals surface area contributed by atoms with Crippen LogP contribution in [0.2, 0.25) is 0 Å². The van der Waals surface area contributed by atoms with Gasteiger partial charge in [0.05, 0.1) is 6.33 Å². The molecule has 4 rings (SSSR count). The molecule has 0 saturated heterocycles. The molecule has 0 aliphatic rings. The van der Waals surface area contributed by atoms with E-state index in [0.29, 0.717) is 5.25 Å². The van der Waals surface area contributed by atoms with Crippen LogP contribution in [-0.2, 0) is 12.3 Å². The summed E-state index contributed by atoms with van der Waals surface area (Å²) in [6.07, 6.45) is 5.78. The van der Waals surface area contributed by atoms with Gasteiger partial charge in [0.15, 0.2) is 0 Å². The summed E-state index contributed by atoms with van der Waals surface area (Å²) in [6, 6.07) is 23.7. The molecule has 0 N–H and O–H groups in total. The molecule has 0 radical (unpaired) electrons. The largest absolute Gasteiger partial charge is 0.336 e. The lowest BCUT2D eigenvalue weighted by molar-refractivity contribution is 0.686. The quantitative estimate of drug-likeness (QED) is 0.354. The predicted octanol–water partition coefficient (Wildman–Crippen LogP) is 6.47. The van der Waals surface area contributed by atoms with Crippen LogP contribution in [0.15, 0.2) is 89.9 Å². The van der Waals surface area contributed by atoms with E-state index in [1.54, 1.807) is 0 Å². The summed E-state index contributed by atoms with van der Waals surface area (Å²) in [5, 5.41) is 2.98. The first-order valence-corrected chi connectivity index (χ1v) is 10.4. The van der Waals surface area contributed by atoms with E-state index in [1.165, 1.54) is 26.4 Å². The van der Waals surface area contributed by atoms with Gasteiger partial charge in [-0.2, -0.15) is 0 Å². The normalized spacial score (nSPS) is 12.3. The number of thioether (sulfide) groups is 1. The maximum absolute atomic E-state index is 4.21. The molecule has 4 aromatic rings. The summed E-state index contributed by atoms with van der Waals surface area (Å²) in [5.74, 6) is 0.962. The molecule has 4 heteroatoms. The van der Waals surface area contributed by atoms with Gasteiger partial charge in [0, 0.05) is 34.4 Å². The Morgan fingerprint density at radius 2 is 1.77 bits per heavy atom. The number of rotatable bonds is 6. The van der Waals surface area contributed by atoms with Crippen molar-refractivity contribution in [2.75, 3.05) is 0 Å². The minimum absolute atomic E-state index is 0.349. The third-order valence-corrected chi connectivity index (χ3v) is 6.56. The second-order valence-corrected chi connectivity index (χ2v) is 8.26. The third kappa shape index (κ3) is 3.87. The molecule has 0 amide bonds. The van der Waals surface area contributed by atoms with E-state index in [0.717, 1.165) is 12.3 Å². The number of imidazole rings is 1. The number of nitrogens with zero attached hydrogens (tertiary/aromatic N) is 2. The van der Waals surface area contributed by atoms with Crippen molar-refractivity contribution in [3.05, 3.63) is 101 Å². The van der Waals surface area contributed by atoms with Gasteiger partial charge in [0.2, 0.25) is 0 Å². The fraction of sp³-hybridized carbons (Fsp3) is 0.136. The highest BCUT2D eigenvalue weighted by Gasteiger charge is 2.16. The fourth-order valence-corrected chi connectivity index (χ4v) is 5.07. The standard InChI is InChI=1S/C22H19BrN2S/c23-21-11-4-2-7-18(21)15-26-22(14-25-13-12-24-16-25)20-10-5-8-17-6-1-3-9-19(17)20/h1-13,16,22H,14-15H2. The van der Waals surface area contributed by atoms with E-state index in [4.69, 9.17) is 0 Å². The summed E-state index contributed by atoms with van der Waals surface area (Å²) >= 11 is 5.65. The second kappa shape index (κ2) is 8.11. The average Bonchev–Trinajstić information content (AvgIpc) is 3.19. The van der Waals surface area contributed by atoms with Crippen molar-refractivity contribution in [1.82, 2.24) is 9.55 Å². The van der Waals surface area contributed by atoms with Gasteiger partial charge in [-0.25, -0.2) is 4.98 Å². The molecular weight excluding hydrogens is 404 g/mol. The minimum Gasteiger partial charge on any atom is -0.336 e. The number of benzene rings is 3. The van der Waals surface area contributed by atoms with Crippen molar-refractivity contribution in [2.45, 2.75) is 17.5 Å². The average molecular weight is 423 g/mol. The molecule has 1 aromatic heterocycles. The molecule has 1 heterocycles. The van der Waals surface area contributed by atoms with E-state index >= 15 is 0 Å². The zero-order valence-electron chi connectivity index (χ0n) is 14.3. The lowest BCUT2D eigenvalue weighted by Crippen LogP contribution is -2.06. The van der Waals surface area contributed by atoms with E-state index in [1.807, 2.05) is 30.5 Å². The van der Waals surface area contributed by atoms with Gasteiger partial charge in [-0.3, -0.25) is 0 Å². The van der Waals surface area contributed by atoms with E-state index < -0.39 is 0 Å². The zero-order chi connectivity index (χ0) is 17.8. The molecule has 0 aliphatic carbocycles. The van der Waals surface area contributed by atoms with Crippen LogP contribution in [0.3, 0.4) is 0 Å². The molecule has 130 valence electrons. The van der Waals surface area contributed by atoms with Crippen LogP contribution in [-0.4, -0.2) is 9.55 Å². The van der Waals surface area contributed by atoms with Crippen LogP contribution in [0.1, 0.15) is 16.4 Å². The van der Waals surface area contributed by atoms with Crippen LogP contribution >= 0.6 is 27.7 Å². The fourth-order valence-electron chi connectivity index (χ4n) is 3.16. The lowest BCUT2D eigenvalue weighted by atomic mass is 10.0. The molecule has 0 aliphatic heterocycles. The van der Waals surface area contributed by atoms with Gasteiger partial charge >= 0.3 is 0 Å². The number of hydrogen-bond acceptors (Lipinski definition) is 2. The van der Waals surface area contributed by atoms with Crippen molar-refractivity contribution in [1.29, 1.82) is 0 Å². The highest BCUT2D eigenvalue weighted by Crippen LogP contribution is 2.38. The molecular formula is C22H19BrN2S. The Hall–Kier alpha value is -2.04. The Balaban J connectivity index is 1.67. The van der Waals surface area contributed by atoms with Gasteiger partial charge in [0.1, 0.15) is 0 Å². The van der Waals surface area contributed by atoms with Crippen LogP contribution in [0.4, 0.5) is 0 Å². The van der Waals surface area contributed by atoms with Gasteiger partial charge in [-0.1, -0.05) is 76.6 Å². The first-order chi connectivity index (χ1) is 12.8. The van der Waals surface area contributed by atoms with Crippen LogP contribution in [0, 0.1) is 0 Å². The van der Waals surface area contributed by atoms with E-state index in [2.05, 4.69) is 92.2 Å². The Bertz CT molecular complexity index is 993. The van der Waals surface area contributed by atoms with Crippen molar-refractivity contribution in [2.24, 2.45) is 0 Å². The summed E-state index contributed by atoms with van der Waals surface area (Å²) in [7, 11) is 0. The van der Waals surface area contributed by atoms with Crippen LogP contribution < -0.4 is 0 Å². The Morgan fingerprint density at radius 1 is 0.962 bits per heavy atom. The first kappa shape index (κ1) is 17.4. The summed E-state index contributed by atoms with van der Waals surface area (Å²) in [5.41, 5.74) is 2.71. The Labute approximate surface area is 166 Å². The molecule has 3 aromatic carbocycles. The highest BCUT2D eigenvalue weighted by atomic mass is 79.9. The minimum atomic E-state index is 0.349. The van der Waals surface area contributed by atoms with Crippen LogP contribution in [0.5, 0.6) is 0 Å². The van der Waals surface area contributed by atoms with Crippen molar-refractivity contribution >= 4 is 38.5 Å². The zero-order valence-corrected chi connectivity index (χ0v) is 16.7. The molecule has 2 nitrogen and oxygen atoms in total. The lowest BCUT2D eigenvalue weighted by Gasteiger charge is -2.20. The maximum Gasteiger partial charge on any atom is 0.0946 e. The Kier molecular flexibility index (Phi) is 5.42. The van der Waals surface area contributed by atoms with E-state index in [9.17, 15) is 0 Å². The van der Waals surface area contributed by atoms with Gasteiger partial charge in [-0.05, 0) is 28.0 Å². The maximum atomic E-state index is 4.21. The summed E-state index contributed by atoms with van der Waals surface area (Å²) in [6.45, 7) is 0.906. The summed E-state index contributed by atoms with van der Waals surface area (Å²) < 4.78 is 3.34. The number of hydrogen-bond donors (Lipinski definition) is 0. The molecule has 1 atom stereocenters. The number of halogens is 1. The second-order valence-electron chi connectivity index (χ2n) is 6.22. The van der Waals surface area contributed by atoms with Crippen molar-refractivity contribution in [3.63, 3.8) is 0 Å². The number of fused-ring (bicyclic) bond motifs is 1. The number of aromatic nitrogens is 2. The Morgan fingerprint density at radius 3 is 2.62 bits per heavy atom. The van der Waals surface area contributed by atoms with Crippen LogP contribution in [0.25, 0.3) is 10.8 Å². The van der Waals surface area contributed by atoms with Crippen molar-refractivity contribution in [3.8, 4) is 0 Å². The molecule has 0 bridgehead atoms. The molecule has 0 spiro atoms. The third-order valence-electron chi connectivity index (χ3n) is 4.50. The monoisotopic (exact) mass is 422 g/mol. The predicted molar refractivity (Wildman–Crippen MR) is 114 cm³/mol. The molecule has 0 fully saturated rings. The molecule has 1 unspecified atom stereocenters. The topological polar surface area (TPSA) is 17.8 Å². The summed E-state index contributed by atoms with van der Waals surface area (Å²) in [4.78, 5) is 4.21. The van der Waals surface area contributed by atoms with Gasteiger partial charge in [0.25, 0.3) is 0 Å². The smallest absolute Gasteiger partial charge is 0.0946 e.